The van der Waals surface area contributed by atoms with Crippen molar-refractivity contribution in [2.75, 3.05) is 12.3 Å². The quantitative estimate of drug-likeness (QED) is 0.595. The molecule has 3 N–H and O–H groups in total. The number of aryl methyl sites for hydroxylation is 1. The minimum absolute atomic E-state index is 0.279. The van der Waals surface area contributed by atoms with Gasteiger partial charge in [0.15, 0.2) is 0 Å². The second kappa shape index (κ2) is 4.99. The summed E-state index contributed by atoms with van der Waals surface area (Å²) in [6.07, 6.45) is 4.84. The highest BCUT2D eigenvalue weighted by Gasteiger charge is 2.01. The summed E-state index contributed by atoms with van der Waals surface area (Å²) in [6.45, 7) is 1.22. The zero-order valence-electron chi connectivity index (χ0n) is 9.26. The van der Waals surface area contributed by atoms with Crippen molar-refractivity contribution in [3.05, 3.63) is 24.5 Å². The average Bonchev–Trinajstić information content (AvgIpc) is 2.67. The first-order chi connectivity index (χ1) is 7.81. The number of hydrogen-bond acceptors (Lipinski definition) is 3. The molecule has 4 nitrogen and oxygen atoms in total. The largest absolute Gasteiger partial charge is 0.399 e. The molecule has 1 heterocycles. The van der Waals surface area contributed by atoms with Crippen LogP contribution in [0.1, 0.15) is 19.3 Å². The predicted octanol–water partition coefficient (Wildman–Crippen LogP) is 1.78. The number of unbranched alkanes of at least 4 members (excludes halogenated alkanes) is 2. The summed E-state index contributed by atoms with van der Waals surface area (Å²) >= 11 is 0. The van der Waals surface area contributed by atoms with Crippen molar-refractivity contribution in [3.63, 3.8) is 0 Å². The molecule has 1 aromatic carbocycles. The molecule has 0 aliphatic heterocycles. The van der Waals surface area contributed by atoms with Gasteiger partial charge in [0.2, 0.25) is 0 Å². The van der Waals surface area contributed by atoms with Crippen LogP contribution < -0.4 is 5.73 Å². The van der Waals surface area contributed by atoms with Crippen LogP contribution in [-0.4, -0.2) is 21.3 Å². The molecular formula is C12H17N3O. The van der Waals surface area contributed by atoms with E-state index in [1.807, 2.05) is 24.5 Å². The Bertz CT molecular complexity index is 464. The summed E-state index contributed by atoms with van der Waals surface area (Å²) in [4.78, 5) is 4.31. The van der Waals surface area contributed by atoms with E-state index in [9.17, 15) is 0 Å². The highest BCUT2D eigenvalue weighted by atomic mass is 16.2. The minimum Gasteiger partial charge on any atom is -0.399 e. The van der Waals surface area contributed by atoms with Crippen molar-refractivity contribution in [2.45, 2.75) is 25.8 Å². The maximum absolute atomic E-state index is 8.69. The van der Waals surface area contributed by atoms with Gasteiger partial charge in [-0.3, -0.25) is 0 Å². The summed E-state index contributed by atoms with van der Waals surface area (Å²) in [6, 6.07) is 5.79. The summed E-state index contributed by atoms with van der Waals surface area (Å²) in [5, 5.41) is 8.69. The molecule has 0 amide bonds. The molecule has 2 aromatic rings. The van der Waals surface area contributed by atoms with Crippen LogP contribution in [0, 0.1) is 0 Å². The van der Waals surface area contributed by atoms with E-state index in [2.05, 4.69) is 9.55 Å². The lowest BCUT2D eigenvalue weighted by molar-refractivity contribution is 0.282. The fourth-order valence-corrected chi connectivity index (χ4v) is 1.83. The fourth-order valence-electron chi connectivity index (χ4n) is 1.83. The molecule has 0 saturated heterocycles. The monoisotopic (exact) mass is 219 g/mol. The van der Waals surface area contributed by atoms with Gasteiger partial charge in [-0.2, -0.15) is 0 Å². The maximum Gasteiger partial charge on any atom is 0.0958 e. The van der Waals surface area contributed by atoms with Gasteiger partial charge >= 0.3 is 0 Å². The number of hydrogen-bond donors (Lipinski definition) is 2. The second-order valence-electron chi connectivity index (χ2n) is 3.97. The van der Waals surface area contributed by atoms with E-state index >= 15 is 0 Å². The Labute approximate surface area is 94.7 Å². The van der Waals surface area contributed by atoms with Crippen LogP contribution in [0.3, 0.4) is 0 Å². The van der Waals surface area contributed by atoms with Gasteiger partial charge in [-0.1, -0.05) is 0 Å². The molecule has 0 atom stereocenters. The first kappa shape index (κ1) is 11.0. The average molecular weight is 219 g/mol. The van der Waals surface area contributed by atoms with Crippen molar-refractivity contribution in [1.82, 2.24) is 9.55 Å². The van der Waals surface area contributed by atoms with Gasteiger partial charge < -0.3 is 15.4 Å². The number of rotatable bonds is 5. The summed E-state index contributed by atoms with van der Waals surface area (Å²) in [7, 11) is 0. The van der Waals surface area contributed by atoms with Gasteiger partial charge in [0, 0.05) is 18.8 Å². The van der Waals surface area contributed by atoms with Crippen LogP contribution in [-0.2, 0) is 6.54 Å². The molecule has 1 aromatic heterocycles. The number of fused-ring (bicyclic) bond motifs is 1. The van der Waals surface area contributed by atoms with Gasteiger partial charge in [0.1, 0.15) is 0 Å². The molecule has 0 fully saturated rings. The normalized spacial score (nSPS) is 11.1. The van der Waals surface area contributed by atoms with Crippen LogP contribution in [0.15, 0.2) is 24.5 Å². The van der Waals surface area contributed by atoms with Crippen molar-refractivity contribution in [3.8, 4) is 0 Å². The van der Waals surface area contributed by atoms with Crippen molar-refractivity contribution >= 4 is 16.7 Å². The van der Waals surface area contributed by atoms with Gasteiger partial charge in [-0.25, -0.2) is 4.98 Å². The molecule has 0 saturated carbocycles. The topological polar surface area (TPSA) is 64.1 Å². The van der Waals surface area contributed by atoms with Crippen molar-refractivity contribution in [2.24, 2.45) is 0 Å². The van der Waals surface area contributed by atoms with E-state index in [4.69, 9.17) is 10.8 Å². The summed E-state index contributed by atoms with van der Waals surface area (Å²) < 4.78 is 2.13. The van der Waals surface area contributed by atoms with Crippen molar-refractivity contribution in [1.29, 1.82) is 0 Å². The number of nitrogens with zero attached hydrogens (tertiary/aromatic N) is 2. The van der Waals surface area contributed by atoms with Crippen LogP contribution in [0.5, 0.6) is 0 Å². The number of aliphatic hydroxyl groups excluding tert-OH is 1. The third-order valence-corrected chi connectivity index (χ3v) is 2.70. The SMILES string of the molecule is Nc1ccc2c(c1)ncn2CCCCCO. The third-order valence-electron chi connectivity index (χ3n) is 2.70. The highest BCUT2D eigenvalue weighted by Crippen LogP contribution is 2.16. The van der Waals surface area contributed by atoms with Crippen LogP contribution >= 0.6 is 0 Å². The Hall–Kier alpha value is -1.55. The lowest BCUT2D eigenvalue weighted by atomic mass is 10.2. The fraction of sp³-hybridized carbons (Fsp3) is 0.417. The van der Waals surface area contributed by atoms with Gasteiger partial charge in [0.25, 0.3) is 0 Å². The van der Waals surface area contributed by atoms with E-state index in [-0.39, 0.29) is 6.61 Å². The number of nitrogen functional groups attached to an aromatic ring is 1. The molecule has 0 spiro atoms. The molecule has 0 aliphatic carbocycles. The van der Waals surface area contributed by atoms with Crippen LogP contribution in [0.4, 0.5) is 5.69 Å². The van der Waals surface area contributed by atoms with Gasteiger partial charge in [-0.05, 0) is 37.5 Å². The first-order valence-corrected chi connectivity index (χ1v) is 5.62. The Morgan fingerprint density at radius 2 is 2.12 bits per heavy atom. The smallest absolute Gasteiger partial charge is 0.0958 e. The zero-order chi connectivity index (χ0) is 11.4. The van der Waals surface area contributed by atoms with E-state index < -0.39 is 0 Å². The standard InChI is InChI=1S/C12H17N3O/c13-10-4-5-12-11(8-10)14-9-15(12)6-2-1-3-7-16/h4-5,8-9,16H,1-3,6-7,13H2. The maximum atomic E-state index is 8.69. The summed E-state index contributed by atoms with van der Waals surface area (Å²) in [5.41, 5.74) is 8.51. The minimum atomic E-state index is 0.279. The predicted molar refractivity (Wildman–Crippen MR) is 65.1 cm³/mol. The van der Waals surface area contributed by atoms with E-state index in [1.165, 1.54) is 0 Å². The second-order valence-corrected chi connectivity index (χ2v) is 3.97. The van der Waals surface area contributed by atoms with Gasteiger partial charge in [0.05, 0.1) is 17.4 Å². The molecule has 0 radical (unpaired) electrons. The van der Waals surface area contributed by atoms with E-state index in [0.29, 0.717) is 0 Å². The molecule has 0 aliphatic rings. The Morgan fingerprint density at radius 1 is 1.25 bits per heavy atom. The van der Waals surface area contributed by atoms with Crippen LogP contribution in [0.2, 0.25) is 0 Å². The summed E-state index contributed by atoms with van der Waals surface area (Å²) in [5.74, 6) is 0. The Kier molecular flexibility index (Phi) is 3.41. The Balaban J connectivity index is 2.07. The molecule has 0 unspecified atom stereocenters. The van der Waals surface area contributed by atoms with Crippen LogP contribution in [0.25, 0.3) is 11.0 Å². The molecule has 2 rings (SSSR count). The number of benzene rings is 1. The molecule has 86 valence electrons. The number of nitrogens with two attached hydrogens (primary N) is 1. The first-order valence-electron chi connectivity index (χ1n) is 5.62. The van der Waals surface area contributed by atoms with E-state index in [1.54, 1.807) is 0 Å². The molecule has 4 heteroatoms. The number of aromatic nitrogens is 2. The highest BCUT2D eigenvalue weighted by molar-refractivity contribution is 5.78. The Morgan fingerprint density at radius 3 is 2.94 bits per heavy atom. The molecular weight excluding hydrogens is 202 g/mol. The van der Waals surface area contributed by atoms with E-state index in [0.717, 1.165) is 42.5 Å². The number of imidazole rings is 1. The van der Waals surface area contributed by atoms with Crippen molar-refractivity contribution < 1.29 is 5.11 Å². The van der Waals surface area contributed by atoms with Gasteiger partial charge in [-0.15, -0.1) is 0 Å². The lowest BCUT2D eigenvalue weighted by Gasteiger charge is -2.03. The lowest BCUT2D eigenvalue weighted by Crippen LogP contribution is -1.96. The molecule has 0 bridgehead atoms. The molecule has 16 heavy (non-hydrogen) atoms. The number of anilines is 1. The zero-order valence-corrected chi connectivity index (χ0v) is 9.26. The number of aliphatic hydroxyl groups is 1. The third kappa shape index (κ3) is 2.33.